The van der Waals surface area contributed by atoms with Crippen LogP contribution in [-0.4, -0.2) is 22.1 Å². The summed E-state index contributed by atoms with van der Waals surface area (Å²) in [4.78, 5) is 35.3. The van der Waals surface area contributed by atoms with Crippen LogP contribution in [0.25, 0.3) is 0 Å². The summed E-state index contributed by atoms with van der Waals surface area (Å²) in [5, 5.41) is 0. The van der Waals surface area contributed by atoms with E-state index >= 15 is 0 Å². The molecule has 0 aliphatic heterocycles. The molecule has 6 nitrogen and oxygen atoms in total. The predicted molar refractivity (Wildman–Crippen MR) is 57.1 cm³/mol. The Balaban J connectivity index is 2.81. The van der Waals surface area contributed by atoms with Gasteiger partial charge in [-0.2, -0.15) is 0 Å². The van der Waals surface area contributed by atoms with E-state index in [0.717, 1.165) is 0 Å². The van der Waals surface area contributed by atoms with Gasteiger partial charge in [-0.05, 0) is 6.92 Å². The summed E-state index contributed by atoms with van der Waals surface area (Å²) in [7, 11) is 0. The van der Waals surface area contributed by atoms with Crippen molar-refractivity contribution in [2.75, 3.05) is 6.61 Å². The van der Waals surface area contributed by atoms with E-state index in [-0.39, 0.29) is 18.7 Å². The number of nitrogens with one attached hydrogen (secondary N) is 1. The molecule has 0 unspecified atom stereocenters. The maximum Gasteiger partial charge on any atom is 0.335 e. The Hall–Kier alpha value is -2.11. The van der Waals surface area contributed by atoms with Crippen LogP contribution < -0.4 is 11.2 Å². The van der Waals surface area contributed by atoms with Crippen molar-refractivity contribution in [1.29, 1.82) is 0 Å². The number of nitrogens with zero attached hydrogens (tertiary/aromatic N) is 1. The summed E-state index contributed by atoms with van der Waals surface area (Å²) in [6.07, 6.45) is 1.30. The quantitative estimate of drug-likeness (QED) is 0.560. The molecule has 0 spiro atoms. The van der Waals surface area contributed by atoms with Crippen LogP contribution in [-0.2, 0) is 16.1 Å². The molecule has 1 aromatic rings. The number of ether oxygens (including phenoxy) is 1. The smallest absolute Gasteiger partial charge is 0.335 e. The summed E-state index contributed by atoms with van der Waals surface area (Å²) < 4.78 is 5.88. The molecule has 0 aromatic carbocycles. The Kier molecular flexibility index (Phi) is 3.82. The number of hydrogen-bond acceptors (Lipinski definition) is 4. The van der Waals surface area contributed by atoms with Crippen LogP contribution in [0.15, 0.2) is 34.0 Å². The molecule has 1 aromatic heterocycles. The zero-order valence-corrected chi connectivity index (χ0v) is 8.86. The largest absolute Gasteiger partial charge is 0.463 e. The first-order chi connectivity index (χ1) is 7.54. The van der Waals surface area contributed by atoms with Gasteiger partial charge in [0.1, 0.15) is 0 Å². The Morgan fingerprint density at radius 3 is 2.81 bits per heavy atom. The van der Waals surface area contributed by atoms with Gasteiger partial charge >= 0.3 is 11.7 Å². The van der Waals surface area contributed by atoms with Gasteiger partial charge in [0.25, 0.3) is 5.56 Å². The van der Waals surface area contributed by atoms with E-state index in [1.54, 1.807) is 6.92 Å². The molecule has 86 valence electrons. The predicted octanol–water partition coefficient (Wildman–Crippen LogP) is -0.344. The first-order valence-electron chi connectivity index (χ1n) is 4.69. The molecule has 0 aliphatic rings. The van der Waals surface area contributed by atoms with Crippen LogP contribution in [0.5, 0.6) is 0 Å². The minimum atomic E-state index is -0.585. The topological polar surface area (TPSA) is 81.2 Å². The molecule has 1 N–H and O–H groups in total. The Labute approximate surface area is 91.2 Å². The van der Waals surface area contributed by atoms with Gasteiger partial charge in [-0.1, -0.05) is 6.58 Å². The molecule has 0 saturated carbocycles. The molecule has 0 atom stereocenters. The number of hydrogen-bond donors (Lipinski definition) is 1. The first-order valence-corrected chi connectivity index (χ1v) is 4.69. The fraction of sp³-hybridized carbons (Fsp3) is 0.300. The molecule has 0 aliphatic carbocycles. The van der Waals surface area contributed by atoms with Crippen LogP contribution in [0, 0.1) is 0 Å². The van der Waals surface area contributed by atoms with Gasteiger partial charge in [0.2, 0.25) is 0 Å². The van der Waals surface area contributed by atoms with E-state index < -0.39 is 17.2 Å². The second-order valence-corrected chi connectivity index (χ2v) is 3.06. The molecular weight excluding hydrogens is 212 g/mol. The van der Waals surface area contributed by atoms with Gasteiger partial charge < -0.3 is 4.74 Å². The fourth-order valence-corrected chi connectivity index (χ4v) is 1.07. The zero-order chi connectivity index (χ0) is 12.1. The molecule has 1 heterocycles. The molecule has 16 heavy (non-hydrogen) atoms. The van der Waals surface area contributed by atoms with Crippen LogP contribution in [0.4, 0.5) is 0 Å². The van der Waals surface area contributed by atoms with Crippen molar-refractivity contribution < 1.29 is 9.53 Å². The minimum Gasteiger partial charge on any atom is -0.463 e. The lowest BCUT2D eigenvalue weighted by atomic mass is 10.3. The summed E-state index contributed by atoms with van der Waals surface area (Å²) in [5.74, 6) is -0.555. The lowest BCUT2D eigenvalue weighted by molar-refractivity contribution is -0.138. The SMILES string of the molecule is C=C(Cn1ccc(=O)[nH]c1=O)C(=O)OCC. The zero-order valence-electron chi connectivity index (χ0n) is 8.86. The maximum absolute atomic E-state index is 11.3. The number of rotatable bonds is 4. The molecule has 0 saturated heterocycles. The average molecular weight is 224 g/mol. The maximum atomic E-state index is 11.3. The Morgan fingerprint density at radius 1 is 1.56 bits per heavy atom. The molecular formula is C10H12N2O4. The second-order valence-electron chi connectivity index (χ2n) is 3.06. The average Bonchev–Trinajstić information content (AvgIpc) is 2.22. The summed E-state index contributed by atoms with van der Waals surface area (Å²) in [6, 6.07) is 1.19. The number of esters is 1. The lowest BCUT2D eigenvalue weighted by Crippen LogP contribution is -2.30. The highest BCUT2D eigenvalue weighted by Crippen LogP contribution is 1.97. The Bertz CT molecular complexity index is 512. The molecule has 0 amide bonds. The number of carbonyl (C=O) groups is 1. The number of carbonyl (C=O) groups excluding carboxylic acids is 1. The van der Waals surface area contributed by atoms with Gasteiger partial charge in [0.05, 0.1) is 13.2 Å². The summed E-state index contributed by atoms with van der Waals surface area (Å²) in [5.41, 5.74) is -0.919. The fourth-order valence-electron chi connectivity index (χ4n) is 1.07. The number of aromatic nitrogens is 2. The van der Waals surface area contributed by atoms with E-state index in [1.165, 1.54) is 16.8 Å². The van der Waals surface area contributed by atoms with Crippen molar-refractivity contribution in [1.82, 2.24) is 9.55 Å². The van der Waals surface area contributed by atoms with Crippen molar-refractivity contribution in [3.8, 4) is 0 Å². The van der Waals surface area contributed by atoms with Crippen LogP contribution >= 0.6 is 0 Å². The molecule has 6 heteroatoms. The van der Waals surface area contributed by atoms with Gasteiger partial charge in [-0.25, -0.2) is 9.59 Å². The second kappa shape index (κ2) is 5.11. The molecule has 0 bridgehead atoms. The standard InChI is InChI=1S/C10H12N2O4/c1-3-16-9(14)7(2)6-12-5-4-8(13)11-10(12)15/h4-5H,2-3,6H2,1H3,(H,11,13,15). The van der Waals surface area contributed by atoms with E-state index in [9.17, 15) is 14.4 Å². The van der Waals surface area contributed by atoms with Crippen molar-refractivity contribution in [3.05, 3.63) is 45.3 Å². The molecule has 0 fully saturated rings. The number of H-pyrrole nitrogens is 1. The van der Waals surface area contributed by atoms with E-state index in [0.29, 0.717) is 0 Å². The summed E-state index contributed by atoms with van der Waals surface area (Å²) in [6.45, 7) is 5.43. The van der Waals surface area contributed by atoms with Gasteiger partial charge in [0, 0.05) is 17.8 Å². The lowest BCUT2D eigenvalue weighted by Gasteiger charge is -2.06. The third-order valence-corrected chi connectivity index (χ3v) is 1.82. The van der Waals surface area contributed by atoms with Crippen LogP contribution in [0.1, 0.15) is 6.92 Å². The van der Waals surface area contributed by atoms with E-state index in [2.05, 4.69) is 11.6 Å². The van der Waals surface area contributed by atoms with Crippen LogP contribution in [0.2, 0.25) is 0 Å². The van der Waals surface area contributed by atoms with E-state index in [1.807, 2.05) is 0 Å². The highest BCUT2D eigenvalue weighted by molar-refractivity contribution is 5.87. The van der Waals surface area contributed by atoms with Crippen molar-refractivity contribution in [3.63, 3.8) is 0 Å². The monoisotopic (exact) mass is 224 g/mol. The molecule has 0 radical (unpaired) electrons. The highest BCUT2D eigenvalue weighted by atomic mass is 16.5. The van der Waals surface area contributed by atoms with Gasteiger partial charge in [-0.15, -0.1) is 0 Å². The van der Waals surface area contributed by atoms with Gasteiger partial charge in [0.15, 0.2) is 0 Å². The third-order valence-electron chi connectivity index (χ3n) is 1.82. The summed E-state index contributed by atoms with van der Waals surface area (Å²) >= 11 is 0. The minimum absolute atomic E-state index is 0.00551. The van der Waals surface area contributed by atoms with Crippen LogP contribution in [0.3, 0.4) is 0 Å². The normalized spacial score (nSPS) is 9.81. The first kappa shape index (κ1) is 12.0. The highest BCUT2D eigenvalue weighted by Gasteiger charge is 2.08. The molecule has 1 rings (SSSR count). The van der Waals surface area contributed by atoms with Crippen molar-refractivity contribution in [2.24, 2.45) is 0 Å². The van der Waals surface area contributed by atoms with Crippen molar-refractivity contribution >= 4 is 5.97 Å². The van der Waals surface area contributed by atoms with Gasteiger partial charge in [-0.3, -0.25) is 14.3 Å². The third kappa shape index (κ3) is 2.94. The van der Waals surface area contributed by atoms with E-state index in [4.69, 9.17) is 4.74 Å². The van der Waals surface area contributed by atoms with Crippen molar-refractivity contribution in [2.45, 2.75) is 13.5 Å². The Morgan fingerprint density at radius 2 is 2.25 bits per heavy atom. The number of aromatic amines is 1.